The largest absolute Gasteiger partial charge is 0.494 e. The first kappa shape index (κ1) is 21.5. The van der Waals surface area contributed by atoms with E-state index in [-0.39, 0.29) is 24.5 Å². The molecule has 0 fully saturated rings. The summed E-state index contributed by atoms with van der Waals surface area (Å²) in [6.45, 7) is 3.22. The highest BCUT2D eigenvalue weighted by Crippen LogP contribution is 2.22. The Labute approximate surface area is 183 Å². The average Bonchev–Trinajstić information content (AvgIpc) is 3.28. The van der Waals surface area contributed by atoms with Crippen molar-refractivity contribution in [1.29, 1.82) is 0 Å². The van der Waals surface area contributed by atoms with E-state index < -0.39 is 5.69 Å². The van der Waals surface area contributed by atoms with Crippen LogP contribution in [-0.2, 0) is 17.8 Å². The van der Waals surface area contributed by atoms with Gasteiger partial charge in [-0.25, -0.2) is 4.79 Å². The number of hydrogen-bond donors (Lipinski definition) is 0. The van der Waals surface area contributed by atoms with Crippen molar-refractivity contribution in [3.63, 3.8) is 0 Å². The van der Waals surface area contributed by atoms with E-state index in [0.717, 1.165) is 5.56 Å². The quantitative estimate of drug-likeness (QED) is 0.372. The number of fused-ring (bicyclic) bond motifs is 1. The van der Waals surface area contributed by atoms with Gasteiger partial charge in [0.05, 0.1) is 17.5 Å². The molecule has 0 radical (unpaired) electrons. The topological polar surface area (TPSA) is 101 Å². The maximum Gasteiger partial charge on any atom is 0.331 e. The summed E-state index contributed by atoms with van der Waals surface area (Å²) in [4.78, 5) is 30.5. The summed E-state index contributed by atoms with van der Waals surface area (Å²) >= 11 is 0. The SMILES string of the molecule is CCOc1cccc(-c2noc(Cn3c(=O)n(CCCOC)c(=O)c4ccccc43)n2)c1. The number of para-hydroxylation sites is 1. The minimum atomic E-state index is -0.428. The Kier molecular flexibility index (Phi) is 6.46. The molecule has 0 saturated carbocycles. The van der Waals surface area contributed by atoms with Gasteiger partial charge < -0.3 is 14.0 Å². The molecule has 0 aliphatic rings. The molecule has 0 aliphatic heterocycles. The van der Waals surface area contributed by atoms with Crippen molar-refractivity contribution < 1.29 is 14.0 Å². The van der Waals surface area contributed by atoms with Crippen molar-refractivity contribution in [3.8, 4) is 17.1 Å². The highest BCUT2D eigenvalue weighted by atomic mass is 16.5. The maximum absolute atomic E-state index is 13.2. The van der Waals surface area contributed by atoms with Crippen LogP contribution in [0, 0.1) is 0 Å². The second-order valence-electron chi connectivity index (χ2n) is 7.16. The molecule has 0 spiro atoms. The third-order valence-corrected chi connectivity index (χ3v) is 5.03. The molecular formula is C23H24N4O5. The number of aromatic nitrogens is 4. The summed E-state index contributed by atoms with van der Waals surface area (Å²) in [5.74, 6) is 1.37. The lowest BCUT2D eigenvalue weighted by atomic mass is 10.2. The van der Waals surface area contributed by atoms with Gasteiger partial charge in [0.15, 0.2) is 0 Å². The van der Waals surface area contributed by atoms with Crippen LogP contribution in [0.5, 0.6) is 5.75 Å². The molecule has 0 aliphatic carbocycles. The molecule has 4 rings (SSSR count). The monoisotopic (exact) mass is 436 g/mol. The molecule has 2 aromatic heterocycles. The van der Waals surface area contributed by atoms with Crippen LogP contribution >= 0.6 is 0 Å². The molecule has 0 amide bonds. The molecule has 2 heterocycles. The molecular weight excluding hydrogens is 412 g/mol. The lowest BCUT2D eigenvalue weighted by Crippen LogP contribution is -2.40. The molecule has 0 unspecified atom stereocenters. The molecule has 9 heteroatoms. The van der Waals surface area contributed by atoms with Crippen LogP contribution in [0.3, 0.4) is 0 Å². The lowest BCUT2D eigenvalue weighted by Gasteiger charge is -2.12. The second-order valence-corrected chi connectivity index (χ2v) is 7.16. The number of rotatable bonds is 9. The molecule has 2 aromatic carbocycles. The summed E-state index contributed by atoms with van der Waals surface area (Å²) in [5.41, 5.74) is 0.510. The molecule has 166 valence electrons. The van der Waals surface area contributed by atoms with E-state index in [1.54, 1.807) is 31.4 Å². The predicted molar refractivity (Wildman–Crippen MR) is 119 cm³/mol. The van der Waals surface area contributed by atoms with Crippen LogP contribution in [0.4, 0.5) is 0 Å². The molecule has 9 nitrogen and oxygen atoms in total. The van der Waals surface area contributed by atoms with Crippen LogP contribution in [0.1, 0.15) is 19.2 Å². The molecule has 0 saturated heterocycles. The fourth-order valence-electron chi connectivity index (χ4n) is 3.55. The third-order valence-electron chi connectivity index (χ3n) is 5.03. The van der Waals surface area contributed by atoms with Gasteiger partial charge >= 0.3 is 5.69 Å². The van der Waals surface area contributed by atoms with Crippen molar-refractivity contribution >= 4 is 10.9 Å². The minimum Gasteiger partial charge on any atom is -0.494 e. The first-order valence-electron chi connectivity index (χ1n) is 10.4. The Morgan fingerprint density at radius 1 is 1.06 bits per heavy atom. The lowest BCUT2D eigenvalue weighted by molar-refractivity contribution is 0.189. The van der Waals surface area contributed by atoms with E-state index in [9.17, 15) is 9.59 Å². The van der Waals surface area contributed by atoms with Gasteiger partial charge in [0.25, 0.3) is 5.56 Å². The number of benzene rings is 2. The van der Waals surface area contributed by atoms with Crippen LogP contribution in [0.25, 0.3) is 22.3 Å². The van der Waals surface area contributed by atoms with E-state index in [2.05, 4.69) is 10.1 Å². The van der Waals surface area contributed by atoms with Gasteiger partial charge in [-0.3, -0.25) is 13.9 Å². The number of methoxy groups -OCH3 is 1. The van der Waals surface area contributed by atoms with Gasteiger partial charge in [-0.05, 0) is 37.6 Å². The number of hydrogen-bond acceptors (Lipinski definition) is 7. The Hall–Kier alpha value is -3.72. The Morgan fingerprint density at radius 3 is 2.72 bits per heavy atom. The zero-order chi connectivity index (χ0) is 22.5. The fraction of sp³-hybridized carbons (Fsp3) is 0.304. The number of ether oxygens (including phenoxy) is 2. The summed E-state index contributed by atoms with van der Waals surface area (Å²) in [7, 11) is 1.58. The summed E-state index contributed by atoms with van der Waals surface area (Å²) in [6.07, 6.45) is 0.546. The van der Waals surface area contributed by atoms with Crippen molar-refractivity contribution in [2.24, 2.45) is 0 Å². The molecule has 0 bridgehead atoms. The van der Waals surface area contributed by atoms with E-state index >= 15 is 0 Å². The zero-order valence-electron chi connectivity index (χ0n) is 18.0. The Morgan fingerprint density at radius 2 is 1.91 bits per heavy atom. The van der Waals surface area contributed by atoms with Crippen LogP contribution in [0.2, 0.25) is 0 Å². The predicted octanol–water partition coefficient (Wildman–Crippen LogP) is 2.70. The minimum absolute atomic E-state index is 0.0437. The van der Waals surface area contributed by atoms with E-state index in [1.807, 2.05) is 31.2 Å². The Bertz CT molecular complexity index is 1340. The first-order chi connectivity index (χ1) is 15.6. The molecule has 4 aromatic rings. The summed E-state index contributed by atoms with van der Waals surface area (Å²) in [6, 6.07) is 14.4. The van der Waals surface area contributed by atoms with Crippen molar-refractivity contribution in [2.45, 2.75) is 26.4 Å². The third kappa shape index (κ3) is 4.33. The normalized spacial score (nSPS) is 11.2. The van der Waals surface area contributed by atoms with Crippen LogP contribution in [-0.4, -0.2) is 39.6 Å². The molecule has 0 N–H and O–H groups in total. The number of nitrogens with zero attached hydrogens (tertiary/aromatic N) is 4. The van der Waals surface area contributed by atoms with Gasteiger partial charge in [-0.15, -0.1) is 0 Å². The van der Waals surface area contributed by atoms with Gasteiger partial charge in [-0.2, -0.15) is 4.98 Å². The first-order valence-corrected chi connectivity index (χ1v) is 10.4. The van der Waals surface area contributed by atoms with Gasteiger partial charge in [0.1, 0.15) is 12.3 Å². The van der Waals surface area contributed by atoms with Crippen LogP contribution in [0.15, 0.2) is 62.6 Å². The second kappa shape index (κ2) is 9.61. The fourth-order valence-corrected chi connectivity index (χ4v) is 3.55. The smallest absolute Gasteiger partial charge is 0.331 e. The highest BCUT2D eigenvalue weighted by Gasteiger charge is 2.16. The van der Waals surface area contributed by atoms with E-state index in [0.29, 0.717) is 42.1 Å². The summed E-state index contributed by atoms with van der Waals surface area (Å²) in [5, 5.41) is 4.50. The standard InChI is InChI=1S/C23H24N4O5/c1-3-31-17-9-6-8-16(14-17)21-24-20(32-25-21)15-27-19-11-5-4-10-18(19)22(28)26(23(27)29)12-7-13-30-2/h4-6,8-11,14H,3,7,12-13,15H2,1-2H3. The highest BCUT2D eigenvalue weighted by molar-refractivity contribution is 5.77. The average molecular weight is 436 g/mol. The molecule has 0 atom stereocenters. The maximum atomic E-state index is 13.2. The zero-order valence-corrected chi connectivity index (χ0v) is 18.0. The van der Waals surface area contributed by atoms with Crippen LogP contribution < -0.4 is 16.0 Å². The van der Waals surface area contributed by atoms with Crippen molar-refractivity contribution in [2.75, 3.05) is 20.3 Å². The van der Waals surface area contributed by atoms with Gasteiger partial charge in [0.2, 0.25) is 11.7 Å². The summed E-state index contributed by atoms with van der Waals surface area (Å²) < 4.78 is 18.7. The van der Waals surface area contributed by atoms with Crippen molar-refractivity contribution in [1.82, 2.24) is 19.3 Å². The Balaban J connectivity index is 1.71. The van der Waals surface area contributed by atoms with E-state index in [1.165, 1.54) is 9.13 Å². The molecule has 32 heavy (non-hydrogen) atoms. The van der Waals surface area contributed by atoms with Gasteiger partial charge in [0, 0.05) is 25.8 Å². The van der Waals surface area contributed by atoms with Gasteiger partial charge in [-0.1, -0.05) is 29.4 Å². The van der Waals surface area contributed by atoms with Crippen molar-refractivity contribution in [3.05, 3.63) is 75.3 Å². The van der Waals surface area contributed by atoms with E-state index in [4.69, 9.17) is 14.0 Å².